The Kier molecular flexibility index (Phi) is 3.77. The van der Waals surface area contributed by atoms with Gasteiger partial charge in [0.15, 0.2) is 0 Å². The summed E-state index contributed by atoms with van der Waals surface area (Å²) in [6, 6.07) is 0. The zero-order valence-electron chi connectivity index (χ0n) is 9.26. The minimum absolute atomic E-state index is 0.291. The fourth-order valence-electron chi connectivity index (χ4n) is 1.51. The molecule has 0 radical (unpaired) electrons. The predicted molar refractivity (Wildman–Crippen MR) is 65.4 cm³/mol. The van der Waals surface area contributed by atoms with E-state index >= 15 is 0 Å². The molecule has 3 N–H and O–H groups in total. The Bertz CT molecular complexity index is 382. The number of hydrogen-bond donors (Lipinski definition) is 2. The number of nitrogens with two attached hydrogens (primary N) is 1. The van der Waals surface area contributed by atoms with Crippen LogP contribution in [0.1, 0.15) is 22.3 Å². The summed E-state index contributed by atoms with van der Waals surface area (Å²) < 4.78 is 0. The number of rotatable bonds is 2. The molecule has 0 atom stereocenters. The predicted octanol–water partition coefficient (Wildman–Crippen LogP) is 2.94. The summed E-state index contributed by atoms with van der Waals surface area (Å²) in [5, 5.41) is 10.7. The summed E-state index contributed by atoms with van der Waals surface area (Å²) >= 11 is 6.16. The summed E-state index contributed by atoms with van der Waals surface area (Å²) in [7, 11) is 0. The number of benzene rings is 1. The van der Waals surface area contributed by atoms with Gasteiger partial charge in [-0.2, -0.15) is 0 Å². The van der Waals surface area contributed by atoms with E-state index in [1.165, 1.54) is 0 Å². The van der Waals surface area contributed by atoms with Crippen LogP contribution in [0.5, 0.6) is 5.75 Å². The van der Waals surface area contributed by atoms with Crippen LogP contribution in [0.4, 0.5) is 0 Å². The molecule has 0 aliphatic carbocycles. The van der Waals surface area contributed by atoms with Gasteiger partial charge in [0.05, 0.1) is 0 Å². The van der Waals surface area contributed by atoms with Crippen molar-refractivity contribution in [3.8, 4) is 5.75 Å². The lowest BCUT2D eigenvalue weighted by Crippen LogP contribution is -1.95. The molecule has 0 heterocycles. The molecule has 15 heavy (non-hydrogen) atoms. The van der Waals surface area contributed by atoms with E-state index < -0.39 is 0 Å². The Morgan fingerprint density at radius 1 is 1.20 bits per heavy atom. The van der Waals surface area contributed by atoms with Gasteiger partial charge in [-0.3, -0.25) is 0 Å². The normalized spacial score (nSPS) is 11.3. The summed E-state index contributed by atoms with van der Waals surface area (Å²) in [5.41, 5.74) is 8.78. The molecule has 0 fully saturated rings. The van der Waals surface area contributed by atoms with Gasteiger partial charge in [-0.15, -0.1) is 0 Å². The van der Waals surface area contributed by atoms with Gasteiger partial charge in [-0.25, -0.2) is 0 Å². The molecule has 0 amide bonds. The summed E-state index contributed by atoms with van der Waals surface area (Å²) in [6.07, 6.45) is 3.61. The van der Waals surface area contributed by atoms with Crippen molar-refractivity contribution >= 4 is 17.7 Å². The lowest BCUT2D eigenvalue weighted by Gasteiger charge is -2.13. The van der Waals surface area contributed by atoms with Gasteiger partial charge >= 0.3 is 0 Å². The number of phenols is 1. The molecule has 1 aromatic carbocycles. The Morgan fingerprint density at radius 2 is 1.80 bits per heavy atom. The fraction of sp³-hybridized carbons (Fsp3) is 0.333. The van der Waals surface area contributed by atoms with E-state index in [1.54, 1.807) is 6.08 Å². The van der Waals surface area contributed by atoms with Gasteiger partial charge in [0.25, 0.3) is 0 Å². The van der Waals surface area contributed by atoms with E-state index in [9.17, 15) is 5.11 Å². The topological polar surface area (TPSA) is 46.2 Å². The van der Waals surface area contributed by atoms with Gasteiger partial charge in [0, 0.05) is 17.1 Å². The molecule has 0 bridgehead atoms. The van der Waals surface area contributed by atoms with Gasteiger partial charge in [0.2, 0.25) is 0 Å². The zero-order valence-corrected chi connectivity index (χ0v) is 10.0. The number of hydrogen-bond acceptors (Lipinski definition) is 2. The number of halogens is 1. The van der Waals surface area contributed by atoms with E-state index in [1.807, 2.05) is 26.8 Å². The molecule has 0 saturated carbocycles. The second-order valence-corrected chi connectivity index (χ2v) is 3.97. The highest BCUT2D eigenvalue weighted by Gasteiger charge is 2.13. The fourth-order valence-corrected chi connectivity index (χ4v) is 1.75. The Labute approximate surface area is 95.4 Å². The standard InChI is InChI=1S/C12H16ClNO/c1-7-8(2)12(15)10(5-4-6-14)9(3)11(7)13/h4-5,15H,6,14H2,1-3H3/b5-4+. The third-order valence-electron chi connectivity index (χ3n) is 2.66. The van der Waals surface area contributed by atoms with Gasteiger partial charge < -0.3 is 10.8 Å². The summed E-state index contributed by atoms with van der Waals surface area (Å²) in [4.78, 5) is 0. The van der Waals surface area contributed by atoms with Crippen molar-refractivity contribution in [2.75, 3.05) is 6.54 Å². The lowest BCUT2D eigenvalue weighted by molar-refractivity contribution is 0.468. The van der Waals surface area contributed by atoms with E-state index in [2.05, 4.69) is 0 Å². The minimum atomic E-state index is 0.291. The molecule has 0 aliphatic heterocycles. The maximum absolute atomic E-state index is 9.96. The van der Waals surface area contributed by atoms with E-state index in [4.69, 9.17) is 17.3 Å². The first kappa shape index (κ1) is 12.1. The van der Waals surface area contributed by atoms with Crippen molar-refractivity contribution in [1.82, 2.24) is 0 Å². The molecule has 3 heteroatoms. The Hall–Kier alpha value is -0.990. The Balaban J connectivity index is 3.45. The quantitative estimate of drug-likeness (QED) is 0.813. The zero-order chi connectivity index (χ0) is 11.6. The average Bonchev–Trinajstić information content (AvgIpc) is 2.24. The van der Waals surface area contributed by atoms with Crippen molar-refractivity contribution < 1.29 is 5.11 Å². The van der Waals surface area contributed by atoms with Crippen molar-refractivity contribution in [3.63, 3.8) is 0 Å². The van der Waals surface area contributed by atoms with Crippen molar-refractivity contribution in [1.29, 1.82) is 0 Å². The van der Waals surface area contributed by atoms with Crippen molar-refractivity contribution in [2.24, 2.45) is 5.73 Å². The molecular formula is C12H16ClNO. The minimum Gasteiger partial charge on any atom is -0.507 e. The lowest BCUT2D eigenvalue weighted by atomic mass is 9.98. The molecule has 0 unspecified atom stereocenters. The first-order chi connectivity index (χ1) is 7.00. The first-order valence-electron chi connectivity index (χ1n) is 4.85. The molecular weight excluding hydrogens is 210 g/mol. The molecule has 1 aromatic rings. The molecule has 0 saturated heterocycles. The highest BCUT2D eigenvalue weighted by atomic mass is 35.5. The van der Waals surface area contributed by atoms with Crippen LogP contribution in [0.2, 0.25) is 5.02 Å². The monoisotopic (exact) mass is 225 g/mol. The van der Waals surface area contributed by atoms with E-state index in [-0.39, 0.29) is 0 Å². The van der Waals surface area contributed by atoms with Crippen LogP contribution in [-0.2, 0) is 0 Å². The van der Waals surface area contributed by atoms with Gasteiger partial charge in [-0.05, 0) is 37.5 Å². The smallest absolute Gasteiger partial charge is 0.126 e. The van der Waals surface area contributed by atoms with Crippen LogP contribution >= 0.6 is 11.6 Å². The SMILES string of the molecule is Cc1c(C)c(Cl)c(C)c(/C=C/CN)c1O. The Morgan fingerprint density at radius 3 is 2.33 bits per heavy atom. The van der Waals surface area contributed by atoms with E-state index in [0.29, 0.717) is 17.3 Å². The third kappa shape index (κ3) is 2.16. The largest absolute Gasteiger partial charge is 0.507 e. The molecule has 0 aliphatic rings. The summed E-state index contributed by atoms with van der Waals surface area (Å²) in [5.74, 6) is 0.291. The number of aromatic hydroxyl groups is 1. The maximum Gasteiger partial charge on any atom is 0.126 e. The second-order valence-electron chi connectivity index (χ2n) is 3.59. The van der Waals surface area contributed by atoms with Crippen molar-refractivity contribution in [2.45, 2.75) is 20.8 Å². The number of phenolic OH excluding ortho intramolecular Hbond substituents is 1. The average molecular weight is 226 g/mol. The highest BCUT2D eigenvalue weighted by Crippen LogP contribution is 2.35. The van der Waals surface area contributed by atoms with Crippen LogP contribution in [0.3, 0.4) is 0 Å². The van der Waals surface area contributed by atoms with Crippen LogP contribution in [-0.4, -0.2) is 11.7 Å². The maximum atomic E-state index is 9.96. The van der Waals surface area contributed by atoms with Crippen LogP contribution < -0.4 is 5.73 Å². The molecule has 1 rings (SSSR count). The highest BCUT2D eigenvalue weighted by molar-refractivity contribution is 6.32. The van der Waals surface area contributed by atoms with Crippen LogP contribution in [0.25, 0.3) is 6.08 Å². The van der Waals surface area contributed by atoms with Gasteiger partial charge in [0.1, 0.15) is 5.75 Å². The molecule has 0 spiro atoms. The third-order valence-corrected chi connectivity index (χ3v) is 3.22. The first-order valence-corrected chi connectivity index (χ1v) is 5.23. The summed E-state index contributed by atoms with van der Waals surface area (Å²) in [6.45, 7) is 6.10. The van der Waals surface area contributed by atoms with Gasteiger partial charge in [-0.1, -0.05) is 23.8 Å². The molecule has 0 aromatic heterocycles. The molecule has 82 valence electrons. The van der Waals surface area contributed by atoms with E-state index in [0.717, 1.165) is 22.3 Å². The molecule has 2 nitrogen and oxygen atoms in total. The van der Waals surface area contributed by atoms with Crippen LogP contribution in [0, 0.1) is 20.8 Å². The second kappa shape index (κ2) is 4.69. The van der Waals surface area contributed by atoms with Crippen LogP contribution in [0.15, 0.2) is 6.08 Å². The van der Waals surface area contributed by atoms with Crippen molar-refractivity contribution in [3.05, 3.63) is 33.4 Å².